The van der Waals surface area contributed by atoms with Crippen LogP contribution in [0.1, 0.15) is 18.6 Å². The first kappa shape index (κ1) is 20.2. The summed E-state index contributed by atoms with van der Waals surface area (Å²) >= 11 is 0. The third-order valence-electron chi connectivity index (χ3n) is 4.68. The number of anilines is 1. The van der Waals surface area contributed by atoms with Crippen LogP contribution >= 0.6 is 0 Å². The van der Waals surface area contributed by atoms with Gasteiger partial charge in [0.2, 0.25) is 6.10 Å². The molecule has 2 N–H and O–H groups in total. The van der Waals surface area contributed by atoms with Gasteiger partial charge in [0.05, 0.1) is 5.52 Å². The largest absolute Gasteiger partial charge is 0.447 e. The smallest absolute Gasteiger partial charge is 0.303 e. The lowest BCUT2D eigenvalue weighted by Gasteiger charge is -2.16. The monoisotopic (exact) mass is 421 g/mol. The van der Waals surface area contributed by atoms with Gasteiger partial charge in [-0.2, -0.15) is 5.10 Å². The summed E-state index contributed by atoms with van der Waals surface area (Å²) in [4.78, 5) is 24.3. The Morgan fingerprint density at radius 1 is 0.968 bits per heavy atom. The van der Waals surface area contributed by atoms with Crippen LogP contribution in [-0.2, 0) is 14.3 Å². The average molecular weight is 421 g/mol. The van der Waals surface area contributed by atoms with E-state index in [9.17, 15) is 18.4 Å². The molecule has 8 heteroatoms. The molecule has 0 fully saturated rings. The molecule has 0 spiro atoms. The van der Waals surface area contributed by atoms with Crippen molar-refractivity contribution < 1.29 is 23.1 Å². The number of carbonyl (C=O) groups excluding carboxylic acids is 2. The Bertz CT molecular complexity index is 1270. The van der Waals surface area contributed by atoms with Crippen LogP contribution in [0.5, 0.6) is 0 Å². The molecule has 1 aromatic heterocycles. The molecule has 0 radical (unpaired) electrons. The summed E-state index contributed by atoms with van der Waals surface area (Å²) in [6.07, 6.45) is -1.13. The summed E-state index contributed by atoms with van der Waals surface area (Å²) in [5.41, 5.74) is 2.26. The van der Waals surface area contributed by atoms with Crippen molar-refractivity contribution in [3.8, 4) is 11.1 Å². The number of carbonyl (C=O) groups is 2. The Morgan fingerprint density at radius 2 is 1.68 bits per heavy atom. The van der Waals surface area contributed by atoms with E-state index in [-0.39, 0.29) is 5.82 Å². The molecule has 1 unspecified atom stereocenters. The standard InChI is InChI=1S/C23H17F2N3O3/c1-13(29)31-21(14-5-3-2-4-6-14)23(30)26-22-17-9-7-16(12-20(17)27-28-22)15-8-10-18(24)19(25)11-15/h2-12,21H,1H3,(H2,26,27,28,30). The Kier molecular flexibility index (Phi) is 5.44. The first-order valence-corrected chi connectivity index (χ1v) is 9.39. The zero-order valence-electron chi connectivity index (χ0n) is 16.4. The fraction of sp³-hybridized carbons (Fsp3) is 0.0870. The van der Waals surface area contributed by atoms with E-state index in [2.05, 4.69) is 15.5 Å². The minimum atomic E-state index is -1.13. The topological polar surface area (TPSA) is 84.1 Å². The number of aromatic nitrogens is 2. The summed E-state index contributed by atoms with van der Waals surface area (Å²) in [6, 6.07) is 17.4. The summed E-state index contributed by atoms with van der Waals surface area (Å²) in [5.74, 6) is -2.75. The number of esters is 1. The van der Waals surface area contributed by atoms with Gasteiger partial charge >= 0.3 is 5.97 Å². The van der Waals surface area contributed by atoms with Gasteiger partial charge in [-0.05, 0) is 35.4 Å². The van der Waals surface area contributed by atoms with Gasteiger partial charge in [-0.1, -0.05) is 42.5 Å². The van der Waals surface area contributed by atoms with Crippen molar-refractivity contribution in [2.45, 2.75) is 13.0 Å². The van der Waals surface area contributed by atoms with Crippen LogP contribution in [-0.4, -0.2) is 22.1 Å². The Hall–Kier alpha value is -4.07. The minimum Gasteiger partial charge on any atom is -0.447 e. The third kappa shape index (κ3) is 4.28. The SMILES string of the molecule is CC(=O)OC(C(=O)Nc1n[nH]c2cc(-c3ccc(F)c(F)c3)ccc12)c1ccccc1. The number of ether oxygens (including phenoxy) is 1. The number of hydrogen-bond donors (Lipinski definition) is 2. The number of aromatic amines is 1. The fourth-order valence-corrected chi connectivity index (χ4v) is 3.22. The number of hydrogen-bond acceptors (Lipinski definition) is 4. The van der Waals surface area contributed by atoms with Crippen molar-refractivity contribution in [1.82, 2.24) is 10.2 Å². The molecular formula is C23H17F2N3O3. The highest BCUT2D eigenvalue weighted by Crippen LogP contribution is 2.29. The lowest BCUT2D eigenvalue weighted by Crippen LogP contribution is -2.25. The summed E-state index contributed by atoms with van der Waals surface area (Å²) in [7, 11) is 0. The molecular weight excluding hydrogens is 404 g/mol. The van der Waals surface area contributed by atoms with Gasteiger partial charge < -0.3 is 10.1 Å². The molecule has 156 valence electrons. The van der Waals surface area contributed by atoms with E-state index in [4.69, 9.17) is 4.74 Å². The van der Waals surface area contributed by atoms with Crippen LogP contribution in [0, 0.1) is 11.6 Å². The quantitative estimate of drug-likeness (QED) is 0.456. The predicted molar refractivity (Wildman–Crippen MR) is 111 cm³/mol. The summed E-state index contributed by atoms with van der Waals surface area (Å²) in [5, 5.41) is 10.2. The number of nitrogens with one attached hydrogen (secondary N) is 2. The van der Waals surface area contributed by atoms with E-state index < -0.39 is 29.6 Å². The maximum absolute atomic E-state index is 13.6. The molecule has 0 bridgehead atoms. The highest BCUT2D eigenvalue weighted by atomic mass is 19.2. The molecule has 0 aliphatic rings. The van der Waals surface area contributed by atoms with Gasteiger partial charge in [0.1, 0.15) is 0 Å². The van der Waals surface area contributed by atoms with Crippen molar-refractivity contribution >= 4 is 28.6 Å². The lowest BCUT2D eigenvalue weighted by molar-refractivity contribution is -0.152. The molecule has 1 heterocycles. The molecule has 6 nitrogen and oxygen atoms in total. The molecule has 1 amide bonds. The molecule has 4 aromatic rings. The van der Waals surface area contributed by atoms with E-state index in [1.54, 1.807) is 48.5 Å². The van der Waals surface area contributed by atoms with Crippen LogP contribution < -0.4 is 5.32 Å². The zero-order valence-corrected chi connectivity index (χ0v) is 16.4. The van der Waals surface area contributed by atoms with E-state index in [0.717, 1.165) is 12.1 Å². The first-order chi connectivity index (χ1) is 14.9. The van der Waals surface area contributed by atoms with Crippen molar-refractivity contribution in [1.29, 1.82) is 0 Å². The molecule has 3 aromatic carbocycles. The van der Waals surface area contributed by atoms with Gasteiger partial charge in [-0.15, -0.1) is 0 Å². The Labute approximate surface area is 175 Å². The summed E-state index contributed by atoms with van der Waals surface area (Å²) in [6.45, 7) is 1.23. The van der Waals surface area contributed by atoms with E-state index >= 15 is 0 Å². The van der Waals surface area contributed by atoms with E-state index in [0.29, 0.717) is 27.6 Å². The number of benzene rings is 3. The average Bonchev–Trinajstić information content (AvgIpc) is 3.16. The first-order valence-electron chi connectivity index (χ1n) is 9.39. The van der Waals surface area contributed by atoms with E-state index in [1.807, 2.05) is 0 Å². The normalized spacial score (nSPS) is 11.8. The fourth-order valence-electron chi connectivity index (χ4n) is 3.22. The predicted octanol–water partition coefficient (Wildman–Crippen LogP) is 4.75. The molecule has 0 aliphatic carbocycles. The van der Waals surface area contributed by atoms with Crippen LogP contribution in [0.2, 0.25) is 0 Å². The maximum atomic E-state index is 13.6. The van der Waals surface area contributed by atoms with Crippen LogP contribution in [0.25, 0.3) is 22.0 Å². The number of H-pyrrole nitrogens is 1. The molecule has 0 aliphatic heterocycles. The van der Waals surface area contributed by atoms with Crippen LogP contribution in [0.4, 0.5) is 14.6 Å². The van der Waals surface area contributed by atoms with Gasteiger partial charge in [0.15, 0.2) is 17.5 Å². The van der Waals surface area contributed by atoms with Crippen LogP contribution in [0.3, 0.4) is 0 Å². The number of amides is 1. The van der Waals surface area contributed by atoms with Gasteiger partial charge in [-0.25, -0.2) is 8.78 Å². The molecule has 0 saturated heterocycles. The van der Waals surface area contributed by atoms with Gasteiger partial charge in [-0.3, -0.25) is 14.7 Å². The zero-order chi connectivity index (χ0) is 22.0. The Morgan fingerprint density at radius 3 is 2.39 bits per heavy atom. The minimum absolute atomic E-state index is 0.255. The lowest BCUT2D eigenvalue weighted by atomic mass is 10.0. The number of rotatable bonds is 5. The number of nitrogens with zero attached hydrogens (tertiary/aromatic N) is 1. The Balaban J connectivity index is 1.61. The number of fused-ring (bicyclic) bond motifs is 1. The second kappa shape index (κ2) is 8.35. The number of halogens is 2. The van der Waals surface area contributed by atoms with Gasteiger partial charge in [0, 0.05) is 17.9 Å². The van der Waals surface area contributed by atoms with Gasteiger partial charge in [0.25, 0.3) is 5.91 Å². The second-order valence-electron chi connectivity index (χ2n) is 6.85. The van der Waals surface area contributed by atoms with Crippen molar-refractivity contribution in [2.75, 3.05) is 5.32 Å². The molecule has 0 saturated carbocycles. The van der Waals surface area contributed by atoms with Crippen molar-refractivity contribution in [3.63, 3.8) is 0 Å². The third-order valence-corrected chi connectivity index (χ3v) is 4.68. The van der Waals surface area contributed by atoms with E-state index in [1.165, 1.54) is 13.0 Å². The van der Waals surface area contributed by atoms with Crippen molar-refractivity contribution in [2.24, 2.45) is 0 Å². The van der Waals surface area contributed by atoms with Crippen molar-refractivity contribution in [3.05, 3.63) is 83.9 Å². The maximum Gasteiger partial charge on any atom is 0.303 e. The highest BCUT2D eigenvalue weighted by molar-refractivity contribution is 6.02. The molecule has 4 rings (SSSR count). The molecule has 31 heavy (non-hydrogen) atoms. The molecule has 1 atom stereocenters. The highest BCUT2D eigenvalue weighted by Gasteiger charge is 2.25. The summed E-state index contributed by atoms with van der Waals surface area (Å²) < 4.78 is 32.0. The van der Waals surface area contributed by atoms with Crippen LogP contribution in [0.15, 0.2) is 66.7 Å². The second-order valence-corrected chi connectivity index (χ2v) is 6.85.